The molecule has 17 heavy (non-hydrogen) atoms. The predicted octanol–water partition coefficient (Wildman–Crippen LogP) is 2.79. The Morgan fingerprint density at radius 1 is 1.53 bits per heavy atom. The quantitative estimate of drug-likeness (QED) is 0.885. The van der Waals surface area contributed by atoms with Crippen LogP contribution in [0.3, 0.4) is 0 Å². The van der Waals surface area contributed by atoms with Gasteiger partial charge < -0.3 is 5.73 Å². The third kappa shape index (κ3) is 2.93. The minimum absolute atomic E-state index is 0.0815. The van der Waals surface area contributed by atoms with E-state index in [2.05, 4.69) is 31.2 Å². The SMILES string of the molecule is Nc1ccc(Cl)c(C(=O)Nc2ncc(Br)s2)n1. The standard InChI is InChI=1S/C9H6BrClN4OS/c10-5-3-13-9(17-5)15-8(16)7-4(11)1-2-6(12)14-7/h1-3H,(H2,12,14)(H,13,15,16). The van der Waals surface area contributed by atoms with Crippen LogP contribution in [0, 0.1) is 0 Å². The molecule has 0 bridgehead atoms. The van der Waals surface area contributed by atoms with E-state index >= 15 is 0 Å². The van der Waals surface area contributed by atoms with Crippen LogP contribution < -0.4 is 11.1 Å². The van der Waals surface area contributed by atoms with Gasteiger partial charge >= 0.3 is 0 Å². The highest BCUT2D eigenvalue weighted by atomic mass is 79.9. The Morgan fingerprint density at radius 3 is 2.94 bits per heavy atom. The lowest BCUT2D eigenvalue weighted by Gasteiger charge is -2.03. The minimum atomic E-state index is -0.441. The molecule has 88 valence electrons. The lowest BCUT2D eigenvalue weighted by molar-refractivity contribution is 0.102. The molecule has 1 amide bonds. The van der Waals surface area contributed by atoms with Crippen LogP contribution in [0.1, 0.15) is 10.5 Å². The van der Waals surface area contributed by atoms with E-state index in [1.54, 1.807) is 6.20 Å². The molecular formula is C9H6BrClN4OS. The molecule has 0 aliphatic heterocycles. The van der Waals surface area contributed by atoms with E-state index in [1.165, 1.54) is 23.5 Å². The summed E-state index contributed by atoms with van der Waals surface area (Å²) in [6, 6.07) is 3.05. The molecule has 0 unspecified atom stereocenters. The molecule has 5 nitrogen and oxygen atoms in total. The van der Waals surface area contributed by atoms with Crippen molar-refractivity contribution >= 4 is 55.7 Å². The average Bonchev–Trinajstić information content (AvgIpc) is 2.67. The number of nitrogens with one attached hydrogen (secondary N) is 1. The molecule has 0 aliphatic carbocycles. The lowest BCUT2D eigenvalue weighted by Crippen LogP contribution is -2.14. The number of nitrogen functional groups attached to an aromatic ring is 1. The Labute approximate surface area is 114 Å². The Bertz CT molecular complexity index is 574. The number of amides is 1. The zero-order valence-electron chi connectivity index (χ0n) is 8.28. The number of hydrogen-bond acceptors (Lipinski definition) is 5. The van der Waals surface area contributed by atoms with E-state index < -0.39 is 5.91 Å². The summed E-state index contributed by atoms with van der Waals surface area (Å²) in [5.41, 5.74) is 5.57. The number of pyridine rings is 1. The van der Waals surface area contributed by atoms with Gasteiger partial charge in [0.15, 0.2) is 5.13 Å². The Kier molecular flexibility index (Phi) is 3.60. The number of aromatic nitrogens is 2. The number of nitrogens with two attached hydrogens (primary N) is 1. The molecule has 0 aliphatic rings. The molecule has 3 N–H and O–H groups in total. The Balaban J connectivity index is 2.22. The molecular weight excluding hydrogens is 328 g/mol. The Hall–Kier alpha value is -1.18. The van der Waals surface area contributed by atoms with Gasteiger partial charge in [-0.3, -0.25) is 10.1 Å². The van der Waals surface area contributed by atoms with Crippen molar-refractivity contribution in [1.29, 1.82) is 0 Å². The van der Waals surface area contributed by atoms with Crippen LogP contribution in [0.15, 0.2) is 22.1 Å². The van der Waals surface area contributed by atoms with Crippen molar-refractivity contribution in [2.24, 2.45) is 0 Å². The molecule has 0 radical (unpaired) electrons. The van der Waals surface area contributed by atoms with Gasteiger partial charge in [0, 0.05) is 0 Å². The summed E-state index contributed by atoms with van der Waals surface area (Å²) in [6.07, 6.45) is 1.59. The Morgan fingerprint density at radius 2 is 2.29 bits per heavy atom. The van der Waals surface area contributed by atoms with Crippen molar-refractivity contribution in [3.05, 3.63) is 32.8 Å². The summed E-state index contributed by atoms with van der Waals surface area (Å²) in [6.45, 7) is 0. The highest BCUT2D eigenvalue weighted by Crippen LogP contribution is 2.24. The van der Waals surface area contributed by atoms with Gasteiger partial charge in [-0.25, -0.2) is 9.97 Å². The van der Waals surface area contributed by atoms with Gasteiger partial charge in [-0.05, 0) is 28.1 Å². The number of carbonyl (C=O) groups excluding carboxylic acids is 1. The van der Waals surface area contributed by atoms with Gasteiger partial charge in [0.2, 0.25) is 0 Å². The third-order valence-electron chi connectivity index (χ3n) is 1.78. The number of rotatable bonds is 2. The van der Waals surface area contributed by atoms with Gasteiger partial charge in [-0.1, -0.05) is 22.9 Å². The largest absolute Gasteiger partial charge is 0.384 e. The van der Waals surface area contributed by atoms with Crippen molar-refractivity contribution in [1.82, 2.24) is 9.97 Å². The maximum absolute atomic E-state index is 11.8. The van der Waals surface area contributed by atoms with Crippen molar-refractivity contribution in [2.75, 3.05) is 11.1 Å². The molecule has 0 aromatic carbocycles. The topological polar surface area (TPSA) is 80.9 Å². The smallest absolute Gasteiger partial charge is 0.277 e. The van der Waals surface area contributed by atoms with E-state index in [9.17, 15) is 4.79 Å². The number of nitrogens with zero attached hydrogens (tertiary/aromatic N) is 2. The summed E-state index contributed by atoms with van der Waals surface area (Å²) in [5.74, 6) is -0.205. The molecule has 0 atom stereocenters. The maximum atomic E-state index is 11.8. The molecule has 2 aromatic rings. The fourth-order valence-electron chi connectivity index (χ4n) is 1.09. The first-order chi connectivity index (χ1) is 8.06. The maximum Gasteiger partial charge on any atom is 0.277 e. The van der Waals surface area contributed by atoms with Crippen molar-refractivity contribution in [2.45, 2.75) is 0 Å². The van der Waals surface area contributed by atoms with E-state index in [0.29, 0.717) is 5.13 Å². The number of thiazole rings is 1. The minimum Gasteiger partial charge on any atom is -0.384 e. The van der Waals surface area contributed by atoms with Gasteiger partial charge in [-0.2, -0.15) is 0 Å². The van der Waals surface area contributed by atoms with Crippen LogP contribution in [0.2, 0.25) is 5.02 Å². The first kappa shape index (κ1) is 12.3. The second-order valence-corrected chi connectivity index (χ2v) is 5.81. The summed E-state index contributed by atoms with van der Waals surface area (Å²) >= 11 is 10.4. The van der Waals surface area contributed by atoms with Crippen LogP contribution in [-0.4, -0.2) is 15.9 Å². The molecule has 0 saturated heterocycles. The van der Waals surface area contributed by atoms with Crippen molar-refractivity contribution in [3.8, 4) is 0 Å². The van der Waals surface area contributed by atoms with E-state index in [0.717, 1.165) is 3.79 Å². The van der Waals surface area contributed by atoms with Gasteiger partial charge in [-0.15, -0.1) is 0 Å². The summed E-state index contributed by atoms with van der Waals surface area (Å²) in [4.78, 5) is 19.7. The predicted molar refractivity (Wildman–Crippen MR) is 71.4 cm³/mol. The number of anilines is 2. The normalized spacial score (nSPS) is 10.2. The molecule has 2 heterocycles. The average molecular weight is 334 g/mol. The van der Waals surface area contributed by atoms with E-state index in [-0.39, 0.29) is 16.5 Å². The van der Waals surface area contributed by atoms with Crippen molar-refractivity contribution in [3.63, 3.8) is 0 Å². The molecule has 0 fully saturated rings. The second-order valence-electron chi connectivity index (χ2n) is 2.99. The monoisotopic (exact) mass is 332 g/mol. The first-order valence-electron chi connectivity index (χ1n) is 4.41. The first-order valence-corrected chi connectivity index (χ1v) is 6.39. The molecule has 0 saturated carbocycles. The molecule has 0 spiro atoms. The summed E-state index contributed by atoms with van der Waals surface area (Å²) in [7, 11) is 0. The third-order valence-corrected chi connectivity index (χ3v) is 3.48. The summed E-state index contributed by atoms with van der Waals surface area (Å²) in [5, 5.41) is 3.29. The highest BCUT2D eigenvalue weighted by Gasteiger charge is 2.14. The van der Waals surface area contributed by atoms with E-state index in [4.69, 9.17) is 17.3 Å². The zero-order chi connectivity index (χ0) is 12.4. The zero-order valence-corrected chi connectivity index (χ0v) is 11.4. The fraction of sp³-hybridized carbons (Fsp3) is 0. The van der Waals surface area contributed by atoms with Gasteiger partial charge in [0.1, 0.15) is 11.5 Å². The van der Waals surface area contributed by atoms with Gasteiger partial charge in [0.25, 0.3) is 5.91 Å². The van der Waals surface area contributed by atoms with Crippen LogP contribution in [0.25, 0.3) is 0 Å². The van der Waals surface area contributed by atoms with Crippen molar-refractivity contribution < 1.29 is 4.79 Å². The summed E-state index contributed by atoms with van der Waals surface area (Å²) < 4.78 is 0.819. The molecule has 8 heteroatoms. The van der Waals surface area contributed by atoms with Crippen LogP contribution in [0.5, 0.6) is 0 Å². The highest BCUT2D eigenvalue weighted by molar-refractivity contribution is 9.11. The van der Waals surface area contributed by atoms with Crippen LogP contribution >= 0.6 is 38.9 Å². The van der Waals surface area contributed by atoms with Gasteiger partial charge in [0.05, 0.1) is 15.0 Å². The van der Waals surface area contributed by atoms with Crippen LogP contribution in [0.4, 0.5) is 10.9 Å². The number of halogens is 2. The second kappa shape index (κ2) is 4.99. The molecule has 2 rings (SSSR count). The fourth-order valence-corrected chi connectivity index (χ4v) is 2.38. The van der Waals surface area contributed by atoms with Crippen LogP contribution in [-0.2, 0) is 0 Å². The number of carbonyl (C=O) groups is 1. The van der Waals surface area contributed by atoms with E-state index in [1.807, 2.05) is 0 Å². The molecule has 2 aromatic heterocycles. The lowest BCUT2D eigenvalue weighted by atomic mass is 10.3. The number of hydrogen-bond donors (Lipinski definition) is 2.